The summed E-state index contributed by atoms with van der Waals surface area (Å²) >= 11 is 0. The fourth-order valence-corrected chi connectivity index (χ4v) is 4.47. The number of anilines is 2. The predicted octanol–water partition coefficient (Wildman–Crippen LogP) is 4.19. The zero-order valence-corrected chi connectivity index (χ0v) is 21.1. The van der Waals surface area contributed by atoms with Crippen LogP contribution in [0.4, 0.5) is 11.8 Å². The van der Waals surface area contributed by atoms with Gasteiger partial charge in [-0.05, 0) is 56.4 Å². The summed E-state index contributed by atoms with van der Waals surface area (Å²) in [4.78, 5) is 37.0. The molecule has 8 nitrogen and oxygen atoms in total. The maximum Gasteiger partial charge on any atom is 0.252 e. The zero-order chi connectivity index (χ0) is 25.5. The van der Waals surface area contributed by atoms with Crippen molar-refractivity contribution in [1.82, 2.24) is 20.6 Å². The van der Waals surface area contributed by atoms with Crippen LogP contribution in [-0.4, -0.2) is 48.0 Å². The van der Waals surface area contributed by atoms with Crippen molar-refractivity contribution in [2.75, 3.05) is 24.3 Å². The van der Waals surface area contributed by atoms with Gasteiger partial charge in [0.15, 0.2) is 0 Å². The van der Waals surface area contributed by atoms with E-state index >= 15 is 0 Å². The molecule has 3 aromatic rings. The predicted molar refractivity (Wildman–Crippen MR) is 142 cm³/mol. The van der Waals surface area contributed by atoms with Crippen LogP contribution < -0.4 is 20.9 Å². The Labute approximate surface area is 212 Å². The normalized spacial score (nSPS) is 18.1. The van der Waals surface area contributed by atoms with Crippen LogP contribution in [0.1, 0.15) is 64.9 Å². The van der Waals surface area contributed by atoms with Crippen LogP contribution in [0.25, 0.3) is 0 Å². The molecule has 8 heteroatoms. The van der Waals surface area contributed by atoms with Gasteiger partial charge in [-0.3, -0.25) is 9.59 Å². The first kappa shape index (κ1) is 25.2. The second-order valence-electron chi connectivity index (χ2n) is 9.45. The topological polar surface area (TPSA) is 99.2 Å². The summed E-state index contributed by atoms with van der Waals surface area (Å²) in [5.41, 5.74) is 1.78. The van der Waals surface area contributed by atoms with Crippen molar-refractivity contribution in [3.05, 3.63) is 83.6 Å². The van der Waals surface area contributed by atoms with E-state index in [4.69, 9.17) is 0 Å². The Bertz CT molecular complexity index is 1180. The Morgan fingerprint density at radius 3 is 2.14 bits per heavy atom. The molecule has 2 amide bonds. The van der Waals surface area contributed by atoms with Gasteiger partial charge in [0.1, 0.15) is 5.82 Å². The molecule has 1 saturated carbocycles. The van der Waals surface area contributed by atoms with Gasteiger partial charge in [-0.2, -0.15) is 4.98 Å². The lowest BCUT2D eigenvalue weighted by molar-refractivity contribution is 0.0897. The molecule has 1 heterocycles. The molecule has 1 aliphatic rings. The quantitative estimate of drug-likeness (QED) is 0.442. The lowest BCUT2D eigenvalue weighted by atomic mass is 9.91. The first-order chi connectivity index (χ1) is 17.4. The minimum Gasteiger partial charge on any atom is -0.363 e. The van der Waals surface area contributed by atoms with Crippen molar-refractivity contribution in [3.63, 3.8) is 0 Å². The monoisotopic (exact) mass is 486 g/mol. The van der Waals surface area contributed by atoms with Crippen LogP contribution in [0, 0.1) is 0 Å². The third-order valence-corrected chi connectivity index (χ3v) is 6.56. The number of carbonyl (C=O) groups is 2. The lowest BCUT2D eigenvalue weighted by Crippen LogP contribution is -2.41. The lowest BCUT2D eigenvalue weighted by Gasteiger charge is -2.30. The third kappa shape index (κ3) is 6.38. The second kappa shape index (κ2) is 11.7. The molecule has 0 aliphatic heterocycles. The number of amides is 2. The molecule has 2 aromatic carbocycles. The summed E-state index contributed by atoms with van der Waals surface area (Å²) in [6, 6.07) is 18.8. The molecule has 1 fully saturated rings. The maximum atomic E-state index is 13.1. The Kier molecular flexibility index (Phi) is 8.15. The molecule has 0 saturated heterocycles. The number of benzene rings is 2. The van der Waals surface area contributed by atoms with Gasteiger partial charge in [0.2, 0.25) is 5.95 Å². The van der Waals surface area contributed by atoms with E-state index in [-0.39, 0.29) is 29.9 Å². The first-order valence-corrected chi connectivity index (χ1v) is 12.4. The smallest absolute Gasteiger partial charge is 0.252 e. The summed E-state index contributed by atoms with van der Waals surface area (Å²) in [5.74, 6) is 1.00. The summed E-state index contributed by atoms with van der Waals surface area (Å²) in [6.45, 7) is 1.93. The van der Waals surface area contributed by atoms with Crippen LogP contribution in [0.3, 0.4) is 0 Å². The first-order valence-electron chi connectivity index (χ1n) is 12.4. The average Bonchev–Trinajstić information content (AvgIpc) is 2.90. The molecule has 3 N–H and O–H groups in total. The third-order valence-electron chi connectivity index (χ3n) is 6.56. The van der Waals surface area contributed by atoms with Crippen molar-refractivity contribution >= 4 is 23.6 Å². The number of nitrogens with one attached hydrogen (secondary N) is 3. The molecule has 1 aromatic heterocycles. The molecule has 0 bridgehead atoms. The van der Waals surface area contributed by atoms with Crippen molar-refractivity contribution in [2.24, 2.45) is 0 Å². The number of carbonyl (C=O) groups excluding carboxylic acids is 2. The van der Waals surface area contributed by atoms with Gasteiger partial charge in [-0.25, -0.2) is 4.98 Å². The van der Waals surface area contributed by atoms with Crippen molar-refractivity contribution in [2.45, 2.75) is 50.7 Å². The number of aromatic nitrogens is 2. The average molecular weight is 487 g/mol. The standard InChI is InChI=1S/C28H34N6O2/c1-19(20-9-5-4-6-10-20)30-26(35)23-11-7-8-12-24(23)27(36)31-21-13-15-22(16-14-21)32-28-29-18-17-25(33-28)34(2)3/h4-12,17-19,21-22H,13-16H2,1-3H3,(H,30,35)(H,31,36)(H,29,32,33)/t19-,21-,22+/m0/s1. The minimum absolute atomic E-state index is 0.0592. The van der Waals surface area contributed by atoms with Gasteiger partial charge in [-0.1, -0.05) is 42.5 Å². The number of hydrogen-bond donors (Lipinski definition) is 3. The van der Waals surface area contributed by atoms with Gasteiger partial charge < -0.3 is 20.9 Å². The molecule has 36 heavy (non-hydrogen) atoms. The molecule has 0 spiro atoms. The highest BCUT2D eigenvalue weighted by Gasteiger charge is 2.25. The van der Waals surface area contributed by atoms with Crippen LogP contribution in [0.15, 0.2) is 66.9 Å². The van der Waals surface area contributed by atoms with Gasteiger partial charge in [-0.15, -0.1) is 0 Å². The fourth-order valence-electron chi connectivity index (χ4n) is 4.47. The van der Waals surface area contributed by atoms with E-state index < -0.39 is 0 Å². The molecular formula is C28H34N6O2. The number of hydrogen-bond acceptors (Lipinski definition) is 6. The van der Waals surface area contributed by atoms with Crippen molar-refractivity contribution < 1.29 is 9.59 Å². The van der Waals surface area contributed by atoms with E-state index in [0.29, 0.717) is 17.1 Å². The highest BCUT2D eigenvalue weighted by Crippen LogP contribution is 2.23. The van der Waals surface area contributed by atoms with Gasteiger partial charge in [0.05, 0.1) is 17.2 Å². The minimum atomic E-state index is -0.259. The van der Waals surface area contributed by atoms with Crippen molar-refractivity contribution in [1.29, 1.82) is 0 Å². The van der Waals surface area contributed by atoms with E-state index in [0.717, 1.165) is 37.1 Å². The Morgan fingerprint density at radius 2 is 1.47 bits per heavy atom. The molecule has 0 unspecified atom stereocenters. The Hall–Kier alpha value is -3.94. The molecular weight excluding hydrogens is 452 g/mol. The van der Waals surface area contributed by atoms with E-state index in [1.165, 1.54) is 0 Å². The number of rotatable bonds is 8. The van der Waals surface area contributed by atoms with Crippen LogP contribution in [0.2, 0.25) is 0 Å². The van der Waals surface area contributed by atoms with Crippen LogP contribution in [-0.2, 0) is 0 Å². The summed E-state index contributed by atoms with van der Waals surface area (Å²) in [7, 11) is 3.90. The SMILES string of the molecule is C[C@H](NC(=O)c1ccccc1C(=O)N[C@H]1CC[C@@H](Nc2nccc(N(C)C)n2)CC1)c1ccccc1. The zero-order valence-electron chi connectivity index (χ0n) is 21.1. The molecule has 4 rings (SSSR count). The van der Waals surface area contributed by atoms with Gasteiger partial charge in [0.25, 0.3) is 11.8 Å². The van der Waals surface area contributed by atoms with E-state index in [2.05, 4.69) is 25.9 Å². The van der Waals surface area contributed by atoms with Crippen molar-refractivity contribution in [3.8, 4) is 0 Å². The van der Waals surface area contributed by atoms with Gasteiger partial charge >= 0.3 is 0 Å². The molecule has 188 valence electrons. The number of nitrogens with zero attached hydrogens (tertiary/aromatic N) is 3. The second-order valence-corrected chi connectivity index (χ2v) is 9.45. The van der Waals surface area contributed by atoms with Gasteiger partial charge in [0, 0.05) is 32.4 Å². The summed E-state index contributed by atoms with van der Waals surface area (Å²) in [6.07, 6.45) is 5.24. The highest BCUT2D eigenvalue weighted by atomic mass is 16.2. The molecule has 0 radical (unpaired) electrons. The Balaban J connectivity index is 1.32. The van der Waals surface area contributed by atoms with Crippen LogP contribution >= 0.6 is 0 Å². The Morgan fingerprint density at radius 1 is 0.861 bits per heavy atom. The van der Waals surface area contributed by atoms with E-state index in [1.54, 1.807) is 30.5 Å². The highest BCUT2D eigenvalue weighted by molar-refractivity contribution is 6.07. The van der Waals surface area contributed by atoms with Crippen LogP contribution in [0.5, 0.6) is 0 Å². The molecule has 1 atom stereocenters. The fraction of sp³-hybridized carbons (Fsp3) is 0.357. The largest absolute Gasteiger partial charge is 0.363 e. The van der Waals surface area contributed by atoms with E-state index in [9.17, 15) is 9.59 Å². The molecule has 1 aliphatic carbocycles. The summed E-state index contributed by atoms with van der Waals surface area (Å²) in [5, 5.41) is 9.57. The maximum absolute atomic E-state index is 13.1. The summed E-state index contributed by atoms with van der Waals surface area (Å²) < 4.78 is 0. The van der Waals surface area contributed by atoms with E-state index in [1.807, 2.05) is 62.3 Å².